The lowest BCUT2D eigenvalue weighted by Crippen LogP contribution is -2.58. The third-order valence-corrected chi connectivity index (χ3v) is 4.91. The van der Waals surface area contributed by atoms with E-state index in [0.29, 0.717) is 16.0 Å². The highest BCUT2D eigenvalue weighted by Gasteiger charge is 2.71. The molecule has 3 rings (SSSR count). The Morgan fingerprint density at radius 2 is 2.17 bits per heavy atom. The van der Waals surface area contributed by atoms with Gasteiger partial charge in [0.25, 0.3) is 0 Å². The lowest BCUT2D eigenvalue weighted by Gasteiger charge is -2.42. The molecule has 0 aromatic rings. The van der Waals surface area contributed by atoms with E-state index in [1.165, 1.54) is 0 Å². The topological polar surface area (TPSA) is 20.3 Å². The van der Waals surface area contributed by atoms with Gasteiger partial charge in [-0.15, -0.1) is 11.8 Å². The van der Waals surface area contributed by atoms with Crippen LogP contribution in [0.25, 0.3) is 0 Å². The number of β-lactam (4-membered cyclic amide) rings is 1. The van der Waals surface area contributed by atoms with Crippen molar-refractivity contribution in [2.45, 2.75) is 36.8 Å². The average molecular weight is 183 g/mol. The van der Waals surface area contributed by atoms with Crippen LogP contribution in [0.3, 0.4) is 0 Å². The fraction of sp³-hybridized carbons (Fsp3) is 0.889. The molecule has 2 aliphatic heterocycles. The van der Waals surface area contributed by atoms with Crippen molar-refractivity contribution in [3.63, 3.8) is 0 Å². The molecule has 3 aliphatic rings. The van der Waals surface area contributed by atoms with E-state index in [2.05, 4.69) is 18.7 Å². The zero-order valence-electron chi connectivity index (χ0n) is 7.46. The molecule has 2 saturated heterocycles. The fourth-order valence-corrected chi connectivity index (χ4v) is 4.08. The van der Waals surface area contributed by atoms with Crippen LogP contribution < -0.4 is 0 Å². The second kappa shape index (κ2) is 1.69. The molecule has 0 aromatic heterocycles. The molecule has 12 heavy (non-hydrogen) atoms. The van der Waals surface area contributed by atoms with Crippen LogP contribution in [0.1, 0.15) is 26.7 Å². The summed E-state index contributed by atoms with van der Waals surface area (Å²) in [7, 11) is 0. The van der Waals surface area contributed by atoms with Gasteiger partial charge >= 0.3 is 0 Å². The Hall–Kier alpha value is -0.180. The van der Waals surface area contributed by atoms with Crippen LogP contribution >= 0.6 is 11.8 Å². The molecule has 3 heteroatoms. The molecule has 2 heterocycles. The Kier molecular flexibility index (Phi) is 1.02. The van der Waals surface area contributed by atoms with Crippen LogP contribution in [0.15, 0.2) is 0 Å². The van der Waals surface area contributed by atoms with Gasteiger partial charge in [-0.3, -0.25) is 4.79 Å². The number of hydrogen-bond acceptors (Lipinski definition) is 2. The molecular formula is C9H13NOS. The average Bonchev–Trinajstić information content (AvgIpc) is 2.74. The van der Waals surface area contributed by atoms with Crippen molar-refractivity contribution < 1.29 is 4.79 Å². The highest BCUT2D eigenvalue weighted by Crippen LogP contribution is 2.66. The maximum Gasteiger partial charge on any atom is 0.232 e. The minimum atomic E-state index is 0.137. The minimum absolute atomic E-state index is 0.137. The second-order valence-electron chi connectivity index (χ2n) is 4.82. The van der Waals surface area contributed by atoms with Crippen molar-refractivity contribution in [2.75, 3.05) is 6.54 Å². The molecule has 1 saturated carbocycles. The van der Waals surface area contributed by atoms with Crippen LogP contribution in [0.4, 0.5) is 0 Å². The number of carbonyl (C=O) groups excluding carboxylic acids is 1. The van der Waals surface area contributed by atoms with Gasteiger partial charge < -0.3 is 4.90 Å². The third-order valence-electron chi connectivity index (χ3n) is 3.21. The summed E-state index contributed by atoms with van der Waals surface area (Å²) in [4.78, 5) is 13.7. The van der Waals surface area contributed by atoms with Gasteiger partial charge in [0.15, 0.2) is 0 Å². The summed E-state index contributed by atoms with van der Waals surface area (Å²) in [6.45, 7) is 5.43. The van der Waals surface area contributed by atoms with E-state index in [9.17, 15) is 4.79 Å². The largest absolute Gasteiger partial charge is 0.328 e. The smallest absolute Gasteiger partial charge is 0.232 e. The number of fused-ring (bicyclic) bond motifs is 2. The Morgan fingerprint density at radius 1 is 1.50 bits per heavy atom. The Labute approximate surface area is 76.7 Å². The molecule has 2 nitrogen and oxygen atoms in total. The molecule has 0 bridgehead atoms. The molecule has 1 atom stereocenters. The molecule has 0 unspecified atom stereocenters. The first-order valence-corrected chi connectivity index (χ1v) is 5.42. The maximum absolute atomic E-state index is 11.6. The number of carbonyl (C=O) groups is 1. The van der Waals surface area contributed by atoms with Crippen LogP contribution in [0.2, 0.25) is 0 Å². The molecule has 0 N–H and O–H groups in total. The summed E-state index contributed by atoms with van der Waals surface area (Å²) in [6.07, 6.45) is 2.30. The number of nitrogens with zero attached hydrogens (tertiary/aromatic N) is 1. The molecule has 0 aromatic carbocycles. The lowest BCUT2D eigenvalue weighted by atomic mass is 9.94. The monoisotopic (exact) mass is 183 g/mol. The minimum Gasteiger partial charge on any atom is -0.328 e. The number of hydrogen-bond donors (Lipinski definition) is 0. The summed E-state index contributed by atoms with van der Waals surface area (Å²) in [5, 5.41) is 0.542. The van der Waals surface area contributed by atoms with Gasteiger partial charge in [-0.1, -0.05) is 0 Å². The van der Waals surface area contributed by atoms with Crippen LogP contribution in [0, 0.1) is 5.41 Å². The second-order valence-corrected chi connectivity index (χ2v) is 6.61. The highest BCUT2D eigenvalue weighted by atomic mass is 32.2. The zero-order chi connectivity index (χ0) is 8.56. The molecule has 3 fully saturated rings. The van der Waals surface area contributed by atoms with Crippen LogP contribution in [0.5, 0.6) is 0 Å². The van der Waals surface area contributed by atoms with Crippen LogP contribution in [-0.4, -0.2) is 27.5 Å². The van der Waals surface area contributed by atoms with E-state index in [-0.39, 0.29) is 5.41 Å². The SMILES string of the molecule is CC1(C)CN2C(=O)C3(CC3)[C@H]2S1. The maximum atomic E-state index is 11.6. The van der Waals surface area contributed by atoms with Crippen molar-refractivity contribution in [1.29, 1.82) is 0 Å². The number of amides is 1. The number of thioether (sulfide) groups is 1. The van der Waals surface area contributed by atoms with E-state index in [1.807, 2.05) is 11.8 Å². The quantitative estimate of drug-likeness (QED) is 0.530. The molecule has 1 amide bonds. The molecular weight excluding hydrogens is 170 g/mol. The zero-order valence-corrected chi connectivity index (χ0v) is 8.28. The molecule has 0 radical (unpaired) electrons. The first-order chi connectivity index (χ1) is 5.55. The Morgan fingerprint density at radius 3 is 2.75 bits per heavy atom. The van der Waals surface area contributed by atoms with Crippen molar-refractivity contribution in [1.82, 2.24) is 4.90 Å². The van der Waals surface area contributed by atoms with Crippen molar-refractivity contribution in [2.24, 2.45) is 5.41 Å². The molecule has 66 valence electrons. The standard InChI is InChI=1S/C9H13NOS/c1-8(2)5-10-6(11)9(3-4-9)7(10)12-8/h7H,3-5H2,1-2H3/t7-/m1/s1. The van der Waals surface area contributed by atoms with Gasteiger partial charge in [-0.05, 0) is 26.7 Å². The summed E-state index contributed by atoms with van der Waals surface area (Å²) in [5.74, 6) is 0.436. The summed E-state index contributed by atoms with van der Waals surface area (Å²) in [6, 6.07) is 0. The van der Waals surface area contributed by atoms with Crippen molar-refractivity contribution >= 4 is 17.7 Å². The van der Waals surface area contributed by atoms with Gasteiger partial charge in [-0.25, -0.2) is 0 Å². The lowest BCUT2D eigenvalue weighted by molar-refractivity contribution is -0.152. The highest BCUT2D eigenvalue weighted by molar-refractivity contribution is 8.01. The first kappa shape index (κ1) is 7.25. The van der Waals surface area contributed by atoms with E-state index in [4.69, 9.17) is 0 Å². The van der Waals surface area contributed by atoms with Gasteiger partial charge in [0.05, 0.1) is 10.8 Å². The van der Waals surface area contributed by atoms with E-state index >= 15 is 0 Å². The van der Waals surface area contributed by atoms with Gasteiger partial charge in [0.2, 0.25) is 5.91 Å². The predicted molar refractivity (Wildman–Crippen MR) is 48.8 cm³/mol. The first-order valence-electron chi connectivity index (χ1n) is 4.54. The van der Waals surface area contributed by atoms with Gasteiger partial charge in [-0.2, -0.15) is 0 Å². The van der Waals surface area contributed by atoms with Crippen molar-refractivity contribution in [3.8, 4) is 0 Å². The van der Waals surface area contributed by atoms with E-state index in [1.54, 1.807) is 0 Å². The number of rotatable bonds is 0. The fourth-order valence-electron chi connectivity index (χ4n) is 2.41. The molecule has 1 spiro atoms. The predicted octanol–water partition coefficient (Wildman–Crippen LogP) is 1.46. The molecule has 1 aliphatic carbocycles. The van der Waals surface area contributed by atoms with E-state index in [0.717, 1.165) is 19.4 Å². The van der Waals surface area contributed by atoms with Gasteiger partial charge in [0, 0.05) is 11.3 Å². The summed E-state index contributed by atoms with van der Waals surface area (Å²) in [5.41, 5.74) is 0.137. The summed E-state index contributed by atoms with van der Waals surface area (Å²) >= 11 is 2.00. The third kappa shape index (κ3) is 0.630. The van der Waals surface area contributed by atoms with Gasteiger partial charge in [0.1, 0.15) is 0 Å². The Bertz CT molecular complexity index is 270. The Balaban J connectivity index is 1.91. The van der Waals surface area contributed by atoms with Crippen molar-refractivity contribution in [3.05, 3.63) is 0 Å². The van der Waals surface area contributed by atoms with E-state index < -0.39 is 0 Å². The normalized spacial score (nSPS) is 39.7. The summed E-state index contributed by atoms with van der Waals surface area (Å²) < 4.78 is 0.298. The van der Waals surface area contributed by atoms with Crippen LogP contribution in [-0.2, 0) is 4.79 Å².